The lowest BCUT2D eigenvalue weighted by Gasteiger charge is -2.00. The molecule has 0 aliphatic rings. The molecule has 1 unspecified atom stereocenters. The summed E-state index contributed by atoms with van der Waals surface area (Å²) >= 11 is 0. The summed E-state index contributed by atoms with van der Waals surface area (Å²) in [7, 11) is 1.44. The van der Waals surface area contributed by atoms with Crippen LogP contribution in [-0.2, 0) is 9.53 Å². The molecule has 0 rings (SSSR count). The van der Waals surface area contributed by atoms with Crippen molar-refractivity contribution in [2.75, 3.05) is 7.11 Å². The average molecular weight is 103 g/mol. The second-order valence-electron chi connectivity index (χ2n) is 1.28. The highest BCUT2D eigenvalue weighted by Gasteiger charge is 2.03. The van der Waals surface area contributed by atoms with Crippen molar-refractivity contribution < 1.29 is 9.53 Å². The minimum Gasteiger partial charge on any atom is -0.372 e. The maximum atomic E-state index is 10.0. The first kappa shape index (κ1) is 6.43. The van der Waals surface area contributed by atoms with E-state index in [2.05, 4.69) is 4.74 Å². The Bertz CT molecular complexity index is 72.1. The number of hydrogen-bond acceptors (Lipinski definition) is 2. The normalized spacial score (nSPS) is 13.4. The van der Waals surface area contributed by atoms with E-state index in [0.29, 0.717) is 0 Å². The van der Waals surface area contributed by atoms with Crippen LogP contribution in [0.15, 0.2) is 0 Å². The summed E-state index contributed by atoms with van der Waals surface area (Å²) in [6, 6.07) is 0. The van der Waals surface area contributed by atoms with Crippen LogP contribution in [0.2, 0.25) is 0 Å². The zero-order chi connectivity index (χ0) is 5.86. The lowest BCUT2D eigenvalue weighted by atomic mass is 10.4. The minimum atomic E-state index is -0.458. The predicted octanol–water partition coefficient (Wildman–Crippen LogP) is -0.493. The van der Waals surface area contributed by atoms with Gasteiger partial charge in [-0.1, -0.05) is 0 Å². The van der Waals surface area contributed by atoms with Gasteiger partial charge in [0.25, 0.3) is 0 Å². The lowest BCUT2D eigenvalue weighted by molar-refractivity contribution is -0.126. The van der Waals surface area contributed by atoms with Crippen molar-refractivity contribution in [2.45, 2.75) is 13.0 Å². The third kappa shape index (κ3) is 2.17. The molecule has 7 heavy (non-hydrogen) atoms. The topological polar surface area (TPSA) is 52.3 Å². The van der Waals surface area contributed by atoms with Crippen LogP contribution < -0.4 is 5.73 Å². The van der Waals surface area contributed by atoms with Gasteiger partial charge in [-0.05, 0) is 6.92 Å². The first-order valence-electron chi connectivity index (χ1n) is 2.00. The fourth-order valence-electron chi connectivity index (χ4n) is 0.116. The zero-order valence-electron chi connectivity index (χ0n) is 4.47. The number of rotatable bonds is 2. The Kier molecular flexibility index (Phi) is 2.37. The van der Waals surface area contributed by atoms with Crippen molar-refractivity contribution >= 4 is 5.91 Å². The molecule has 0 saturated carbocycles. The summed E-state index contributed by atoms with van der Waals surface area (Å²) in [4.78, 5) is 10.0. The Balaban J connectivity index is 3.34. The summed E-state index contributed by atoms with van der Waals surface area (Å²) in [6.45, 7) is 1.60. The molecular formula is C4H9NO2. The molecule has 0 aromatic heterocycles. The third-order valence-corrected chi connectivity index (χ3v) is 0.754. The highest BCUT2D eigenvalue weighted by Crippen LogP contribution is 1.81. The highest BCUT2D eigenvalue weighted by molar-refractivity contribution is 5.78. The van der Waals surface area contributed by atoms with Gasteiger partial charge in [-0.3, -0.25) is 4.79 Å². The van der Waals surface area contributed by atoms with Gasteiger partial charge in [0.05, 0.1) is 0 Å². The minimum absolute atomic E-state index is 0.428. The third-order valence-electron chi connectivity index (χ3n) is 0.754. The molecule has 0 bridgehead atoms. The molecule has 0 spiro atoms. The van der Waals surface area contributed by atoms with Gasteiger partial charge in [-0.2, -0.15) is 0 Å². The maximum Gasteiger partial charge on any atom is 0.246 e. The molecule has 0 fully saturated rings. The number of amides is 1. The first-order chi connectivity index (χ1) is 3.18. The Morgan fingerprint density at radius 2 is 2.29 bits per heavy atom. The smallest absolute Gasteiger partial charge is 0.246 e. The van der Waals surface area contributed by atoms with Crippen molar-refractivity contribution in [3.8, 4) is 0 Å². The molecular weight excluding hydrogens is 94.0 g/mol. The van der Waals surface area contributed by atoms with E-state index in [-0.39, 0.29) is 0 Å². The molecule has 0 heterocycles. The van der Waals surface area contributed by atoms with Crippen molar-refractivity contribution in [2.24, 2.45) is 5.73 Å². The zero-order valence-corrected chi connectivity index (χ0v) is 4.47. The van der Waals surface area contributed by atoms with Gasteiger partial charge in [0, 0.05) is 7.11 Å². The fraction of sp³-hybridized carbons (Fsp3) is 0.750. The van der Waals surface area contributed by atoms with Crippen LogP contribution in [0.1, 0.15) is 6.92 Å². The molecule has 0 radical (unpaired) electrons. The molecule has 0 aromatic rings. The number of primary amides is 1. The van der Waals surface area contributed by atoms with Crippen molar-refractivity contribution in [3.63, 3.8) is 0 Å². The van der Waals surface area contributed by atoms with E-state index in [1.807, 2.05) is 0 Å². The Morgan fingerprint density at radius 1 is 1.86 bits per heavy atom. The van der Waals surface area contributed by atoms with E-state index in [1.54, 1.807) is 6.92 Å². The number of methoxy groups -OCH3 is 1. The van der Waals surface area contributed by atoms with Crippen LogP contribution in [0.25, 0.3) is 0 Å². The number of ether oxygens (including phenoxy) is 1. The molecule has 3 heteroatoms. The van der Waals surface area contributed by atoms with Crippen molar-refractivity contribution in [1.82, 2.24) is 0 Å². The summed E-state index contributed by atoms with van der Waals surface area (Å²) in [5.74, 6) is -0.428. The van der Waals surface area contributed by atoms with E-state index in [1.165, 1.54) is 7.11 Å². The standard InChI is InChI=1S/C4H9NO2/c1-3(7-2)4(5)6/h3H,1-2H3,(H2,5,6). The fourth-order valence-corrected chi connectivity index (χ4v) is 0.116. The molecule has 3 nitrogen and oxygen atoms in total. The van der Waals surface area contributed by atoms with E-state index in [0.717, 1.165) is 0 Å². The van der Waals surface area contributed by atoms with Gasteiger partial charge in [0.15, 0.2) is 0 Å². The van der Waals surface area contributed by atoms with Gasteiger partial charge in [-0.15, -0.1) is 0 Å². The van der Waals surface area contributed by atoms with Crippen LogP contribution in [0.4, 0.5) is 0 Å². The largest absolute Gasteiger partial charge is 0.372 e. The second-order valence-corrected chi connectivity index (χ2v) is 1.28. The lowest BCUT2D eigenvalue weighted by Crippen LogP contribution is -2.26. The van der Waals surface area contributed by atoms with Gasteiger partial charge < -0.3 is 10.5 Å². The number of carbonyl (C=O) groups is 1. The first-order valence-corrected chi connectivity index (χ1v) is 2.00. The van der Waals surface area contributed by atoms with Gasteiger partial charge >= 0.3 is 0 Å². The Morgan fingerprint density at radius 3 is 2.29 bits per heavy atom. The van der Waals surface area contributed by atoms with Crippen molar-refractivity contribution in [3.05, 3.63) is 0 Å². The SMILES string of the molecule is COC(C)C(N)=O. The summed E-state index contributed by atoms with van der Waals surface area (Å²) < 4.78 is 4.54. The van der Waals surface area contributed by atoms with Gasteiger partial charge in [-0.25, -0.2) is 0 Å². The average Bonchev–Trinajstić information content (AvgIpc) is 1.65. The van der Waals surface area contributed by atoms with E-state index in [4.69, 9.17) is 5.73 Å². The Hall–Kier alpha value is -0.570. The highest BCUT2D eigenvalue weighted by atomic mass is 16.5. The van der Waals surface area contributed by atoms with E-state index < -0.39 is 12.0 Å². The predicted molar refractivity (Wildman–Crippen MR) is 25.7 cm³/mol. The van der Waals surface area contributed by atoms with Gasteiger partial charge in [0.2, 0.25) is 5.91 Å². The summed E-state index contributed by atoms with van der Waals surface area (Å²) in [5.41, 5.74) is 4.78. The van der Waals surface area contributed by atoms with E-state index >= 15 is 0 Å². The van der Waals surface area contributed by atoms with E-state index in [9.17, 15) is 4.79 Å². The molecule has 42 valence electrons. The van der Waals surface area contributed by atoms with Crippen LogP contribution in [0.5, 0.6) is 0 Å². The van der Waals surface area contributed by atoms with Crippen LogP contribution >= 0.6 is 0 Å². The van der Waals surface area contributed by atoms with Crippen LogP contribution in [-0.4, -0.2) is 19.1 Å². The molecule has 1 amide bonds. The second kappa shape index (κ2) is 2.58. The number of nitrogens with two attached hydrogens (primary N) is 1. The maximum absolute atomic E-state index is 10.0. The molecule has 1 atom stereocenters. The molecule has 0 aromatic carbocycles. The summed E-state index contributed by atoms with van der Waals surface area (Å²) in [5, 5.41) is 0. The number of carbonyl (C=O) groups excluding carboxylic acids is 1. The molecule has 0 aliphatic heterocycles. The Labute approximate surface area is 42.4 Å². The quantitative estimate of drug-likeness (QED) is 0.512. The van der Waals surface area contributed by atoms with Crippen LogP contribution in [0, 0.1) is 0 Å². The van der Waals surface area contributed by atoms with Crippen molar-refractivity contribution in [1.29, 1.82) is 0 Å². The van der Waals surface area contributed by atoms with Crippen LogP contribution in [0.3, 0.4) is 0 Å². The molecule has 0 saturated heterocycles. The molecule has 2 N–H and O–H groups in total. The summed E-state index contributed by atoms with van der Waals surface area (Å²) in [6.07, 6.45) is -0.458. The molecule has 0 aliphatic carbocycles. The number of hydrogen-bond donors (Lipinski definition) is 1. The van der Waals surface area contributed by atoms with Gasteiger partial charge in [0.1, 0.15) is 6.10 Å². The monoisotopic (exact) mass is 103 g/mol.